The van der Waals surface area contributed by atoms with E-state index in [-0.39, 0.29) is 11.6 Å². The summed E-state index contributed by atoms with van der Waals surface area (Å²) in [7, 11) is 0. The Hall–Kier alpha value is -1.47. The van der Waals surface area contributed by atoms with Crippen molar-refractivity contribution in [2.45, 2.75) is 38.6 Å². The number of carbonyl (C=O) groups excluding carboxylic acids is 1. The highest BCUT2D eigenvalue weighted by Gasteiger charge is 2.28. The second-order valence-corrected chi connectivity index (χ2v) is 7.48. The molecule has 1 aromatic rings. The number of likely N-dealkylation sites (tertiary alicyclic amines) is 1. The normalized spacial score (nSPS) is 19.4. The van der Waals surface area contributed by atoms with Gasteiger partial charge in [0.1, 0.15) is 0 Å². The van der Waals surface area contributed by atoms with Gasteiger partial charge < -0.3 is 10.2 Å². The fourth-order valence-corrected chi connectivity index (χ4v) is 3.81. The zero-order chi connectivity index (χ0) is 15.7. The zero-order valence-electron chi connectivity index (χ0n) is 12.7. The van der Waals surface area contributed by atoms with E-state index in [0.29, 0.717) is 15.8 Å². The van der Waals surface area contributed by atoms with Crippen molar-refractivity contribution in [2.24, 2.45) is 5.92 Å². The van der Waals surface area contributed by atoms with E-state index >= 15 is 0 Å². The number of piperidine rings is 1. The first kappa shape index (κ1) is 15.4. The second-order valence-electron chi connectivity index (χ2n) is 6.23. The van der Waals surface area contributed by atoms with Crippen LogP contribution in [0.3, 0.4) is 0 Å². The number of carbonyl (C=O) groups is 1. The van der Waals surface area contributed by atoms with Gasteiger partial charge in [0.25, 0.3) is 11.6 Å². The van der Waals surface area contributed by atoms with Gasteiger partial charge in [-0.2, -0.15) is 0 Å². The Bertz CT molecular complexity index is 575. The number of aryl methyl sites for hydroxylation is 1. The van der Waals surface area contributed by atoms with Gasteiger partial charge >= 0.3 is 0 Å². The predicted octanol–water partition coefficient (Wildman–Crippen LogP) is 2.57. The van der Waals surface area contributed by atoms with E-state index < -0.39 is 4.92 Å². The van der Waals surface area contributed by atoms with Gasteiger partial charge in [-0.3, -0.25) is 14.9 Å². The molecule has 120 valence electrons. The van der Waals surface area contributed by atoms with Crippen molar-refractivity contribution >= 4 is 22.9 Å². The van der Waals surface area contributed by atoms with E-state index in [4.69, 9.17) is 0 Å². The molecule has 0 atom stereocenters. The molecule has 0 radical (unpaired) electrons. The Morgan fingerprint density at radius 3 is 2.64 bits per heavy atom. The summed E-state index contributed by atoms with van der Waals surface area (Å²) in [5, 5.41) is 14.5. The maximum atomic E-state index is 12.5. The molecule has 2 fully saturated rings. The van der Waals surface area contributed by atoms with E-state index in [2.05, 4.69) is 5.32 Å². The van der Waals surface area contributed by atoms with Crippen LogP contribution in [-0.2, 0) is 0 Å². The molecule has 1 N–H and O–H groups in total. The highest BCUT2D eigenvalue weighted by Crippen LogP contribution is 2.30. The maximum Gasteiger partial charge on any atom is 0.283 e. The van der Waals surface area contributed by atoms with Crippen molar-refractivity contribution in [1.82, 2.24) is 10.2 Å². The Balaban J connectivity index is 1.54. The van der Waals surface area contributed by atoms with Crippen LogP contribution in [0, 0.1) is 23.0 Å². The second kappa shape index (κ2) is 6.34. The summed E-state index contributed by atoms with van der Waals surface area (Å²) in [6.45, 7) is 4.25. The predicted molar refractivity (Wildman–Crippen MR) is 85.4 cm³/mol. The van der Waals surface area contributed by atoms with Crippen LogP contribution >= 0.6 is 11.3 Å². The zero-order valence-corrected chi connectivity index (χ0v) is 13.5. The van der Waals surface area contributed by atoms with Gasteiger partial charge in [-0.25, -0.2) is 0 Å². The standard InChI is InChI=1S/C15H21N3O3S/c1-10-13(18(20)21)8-14(22-10)15(19)17-6-4-12(5-7-17)16-9-11-2-3-11/h8,11-12,16H,2-7,9H2,1H3. The van der Waals surface area contributed by atoms with Crippen molar-refractivity contribution in [2.75, 3.05) is 19.6 Å². The number of hydrogen-bond donors (Lipinski definition) is 1. The number of hydrogen-bond acceptors (Lipinski definition) is 5. The van der Waals surface area contributed by atoms with Gasteiger partial charge in [0.15, 0.2) is 0 Å². The molecular formula is C15H21N3O3S. The van der Waals surface area contributed by atoms with Gasteiger partial charge in [0, 0.05) is 25.2 Å². The molecule has 1 saturated heterocycles. The lowest BCUT2D eigenvalue weighted by Crippen LogP contribution is -2.45. The highest BCUT2D eigenvalue weighted by atomic mass is 32.1. The van der Waals surface area contributed by atoms with Crippen molar-refractivity contribution < 1.29 is 9.72 Å². The van der Waals surface area contributed by atoms with Crippen molar-refractivity contribution in [3.8, 4) is 0 Å². The lowest BCUT2D eigenvalue weighted by Gasteiger charge is -2.32. The lowest BCUT2D eigenvalue weighted by atomic mass is 10.0. The minimum Gasteiger partial charge on any atom is -0.338 e. The fourth-order valence-electron chi connectivity index (χ4n) is 2.86. The summed E-state index contributed by atoms with van der Waals surface area (Å²) in [5.41, 5.74) is 0.0503. The Labute approximate surface area is 133 Å². The third kappa shape index (κ3) is 3.47. The van der Waals surface area contributed by atoms with Crippen LogP contribution < -0.4 is 5.32 Å². The van der Waals surface area contributed by atoms with E-state index in [1.54, 1.807) is 6.92 Å². The molecule has 0 bridgehead atoms. The Kier molecular flexibility index (Phi) is 4.44. The molecule has 0 aromatic carbocycles. The summed E-state index contributed by atoms with van der Waals surface area (Å²) in [4.78, 5) is 25.8. The van der Waals surface area contributed by atoms with Crippen LogP contribution in [0.15, 0.2) is 6.07 Å². The minimum atomic E-state index is -0.420. The molecule has 6 nitrogen and oxygen atoms in total. The summed E-state index contributed by atoms with van der Waals surface area (Å²) in [6.07, 6.45) is 4.62. The lowest BCUT2D eigenvalue weighted by molar-refractivity contribution is -0.385. The van der Waals surface area contributed by atoms with Crippen molar-refractivity contribution in [3.63, 3.8) is 0 Å². The third-order valence-electron chi connectivity index (χ3n) is 4.47. The van der Waals surface area contributed by atoms with Gasteiger partial charge in [0.2, 0.25) is 0 Å². The van der Waals surface area contributed by atoms with Crippen LogP contribution in [0.5, 0.6) is 0 Å². The molecule has 1 amide bonds. The summed E-state index contributed by atoms with van der Waals surface area (Å²) in [6, 6.07) is 1.92. The maximum absolute atomic E-state index is 12.5. The first-order chi connectivity index (χ1) is 10.5. The van der Waals surface area contributed by atoms with Crippen LogP contribution in [-0.4, -0.2) is 41.4 Å². The van der Waals surface area contributed by atoms with Gasteiger partial charge in [-0.05, 0) is 45.1 Å². The molecule has 0 spiro atoms. The smallest absolute Gasteiger partial charge is 0.283 e. The largest absolute Gasteiger partial charge is 0.338 e. The number of nitrogens with one attached hydrogen (secondary N) is 1. The number of nitrogens with zero attached hydrogens (tertiary/aromatic N) is 2. The average Bonchev–Trinajstić information content (AvgIpc) is 3.25. The van der Waals surface area contributed by atoms with Crippen LogP contribution in [0.2, 0.25) is 0 Å². The number of thiophene rings is 1. The first-order valence-corrected chi connectivity index (χ1v) is 8.63. The molecular weight excluding hydrogens is 302 g/mol. The quantitative estimate of drug-likeness (QED) is 0.667. The molecule has 1 saturated carbocycles. The summed E-state index contributed by atoms with van der Waals surface area (Å²) in [5.74, 6) is 0.802. The first-order valence-electron chi connectivity index (χ1n) is 7.82. The molecule has 22 heavy (non-hydrogen) atoms. The van der Waals surface area contributed by atoms with E-state index in [9.17, 15) is 14.9 Å². The molecule has 1 aromatic heterocycles. The number of amides is 1. The molecule has 1 aliphatic heterocycles. The van der Waals surface area contributed by atoms with E-state index in [0.717, 1.165) is 38.4 Å². The van der Waals surface area contributed by atoms with Crippen LogP contribution in [0.1, 0.15) is 40.2 Å². The van der Waals surface area contributed by atoms with Crippen LogP contribution in [0.4, 0.5) is 5.69 Å². The summed E-state index contributed by atoms with van der Waals surface area (Å²) >= 11 is 1.22. The summed E-state index contributed by atoms with van der Waals surface area (Å²) < 4.78 is 0. The van der Waals surface area contributed by atoms with Crippen molar-refractivity contribution in [3.05, 3.63) is 25.9 Å². The number of nitro groups is 1. The third-order valence-corrected chi connectivity index (χ3v) is 5.50. The molecule has 0 unspecified atom stereocenters. The molecule has 1 aliphatic carbocycles. The average molecular weight is 323 g/mol. The topological polar surface area (TPSA) is 75.5 Å². The Morgan fingerprint density at radius 2 is 2.09 bits per heavy atom. The van der Waals surface area contributed by atoms with Crippen LogP contribution in [0.25, 0.3) is 0 Å². The van der Waals surface area contributed by atoms with Crippen molar-refractivity contribution in [1.29, 1.82) is 0 Å². The van der Waals surface area contributed by atoms with Gasteiger partial charge in [-0.15, -0.1) is 11.3 Å². The monoisotopic (exact) mass is 323 g/mol. The Morgan fingerprint density at radius 1 is 1.41 bits per heavy atom. The van der Waals surface area contributed by atoms with Gasteiger partial charge in [-0.1, -0.05) is 0 Å². The molecule has 2 heterocycles. The highest BCUT2D eigenvalue weighted by molar-refractivity contribution is 7.14. The SMILES string of the molecule is Cc1sc(C(=O)N2CCC(NCC3CC3)CC2)cc1[N+](=O)[O-]. The number of rotatable bonds is 5. The van der Waals surface area contributed by atoms with E-state index in [1.807, 2.05) is 4.90 Å². The molecule has 2 aliphatic rings. The fraction of sp³-hybridized carbons (Fsp3) is 0.667. The van der Waals surface area contributed by atoms with Gasteiger partial charge in [0.05, 0.1) is 14.7 Å². The van der Waals surface area contributed by atoms with E-state index in [1.165, 1.54) is 30.2 Å². The minimum absolute atomic E-state index is 0.0503. The molecule has 7 heteroatoms. The molecule has 3 rings (SSSR count).